The average Bonchev–Trinajstić information content (AvgIpc) is 3.02. The number of carbonyl (C=O) groups excluding carboxylic acids is 3. The lowest BCUT2D eigenvalue weighted by Gasteiger charge is -2.12. The van der Waals surface area contributed by atoms with E-state index in [9.17, 15) is 14.4 Å². The maximum absolute atomic E-state index is 11.5. The van der Waals surface area contributed by atoms with Crippen LogP contribution in [0.2, 0.25) is 0 Å². The number of carbonyl (C=O) groups is 3. The zero-order chi connectivity index (χ0) is 21.2. The molecule has 1 rings (SSSR count). The molecule has 0 atom stereocenters. The van der Waals surface area contributed by atoms with Crippen molar-refractivity contribution >= 4 is 17.8 Å². The molecule has 0 saturated carbocycles. The fourth-order valence-electron chi connectivity index (χ4n) is 2.05. The third kappa shape index (κ3) is 13.3. The SMILES string of the molecule is [CH]OCCOCCOCCOCCOCCOCCC(=O)ON1C(=O)CCC1=O. The van der Waals surface area contributed by atoms with Crippen molar-refractivity contribution in [1.82, 2.24) is 5.06 Å². The van der Waals surface area contributed by atoms with Crippen LogP contribution in [0.5, 0.6) is 0 Å². The molecule has 1 fully saturated rings. The minimum absolute atomic E-state index is 0.0635. The lowest BCUT2D eigenvalue weighted by atomic mass is 10.4. The summed E-state index contributed by atoms with van der Waals surface area (Å²) in [6.45, 7) is 4.24. The number of hydroxylamine groups is 2. The van der Waals surface area contributed by atoms with Gasteiger partial charge >= 0.3 is 5.97 Å². The van der Waals surface area contributed by atoms with E-state index in [1.807, 2.05) is 0 Å². The molecule has 0 aliphatic carbocycles. The molecule has 2 radical (unpaired) electrons. The summed E-state index contributed by atoms with van der Waals surface area (Å²) < 4.78 is 30.7. The average molecular weight is 419 g/mol. The maximum atomic E-state index is 11.5. The standard InChI is InChI=1S/C18H29NO10/c1-23-6-7-25-10-11-27-14-15-28-13-12-26-9-8-24-5-4-18(22)29-19-16(20)2-3-17(19)21/h1H,2-15H2. The first kappa shape index (κ1) is 25.4. The first-order chi connectivity index (χ1) is 14.1. The Morgan fingerprint density at radius 2 is 1.07 bits per heavy atom. The van der Waals surface area contributed by atoms with Gasteiger partial charge in [-0.2, -0.15) is 0 Å². The fraction of sp³-hybridized carbons (Fsp3) is 0.778. The molecule has 29 heavy (non-hydrogen) atoms. The minimum Gasteiger partial charge on any atom is -0.378 e. The quantitative estimate of drug-likeness (QED) is 0.205. The molecule has 166 valence electrons. The van der Waals surface area contributed by atoms with E-state index in [0.717, 1.165) is 0 Å². The Bertz CT molecular complexity index is 458. The van der Waals surface area contributed by atoms with Gasteiger partial charge in [0.25, 0.3) is 11.8 Å². The highest BCUT2D eigenvalue weighted by Gasteiger charge is 2.32. The summed E-state index contributed by atoms with van der Waals surface area (Å²) >= 11 is 0. The van der Waals surface area contributed by atoms with Gasteiger partial charge in [0.1, 0.15) is 7.11 Å². The summed E-state index contributed by atoms with van der Waals surface area (Å²) in [6.07, 6.45) is 0.0704. The van der Waals surface area contributed by atoms with Gasteiger partial charge in [-0.05, 0) is 0 Å². The highest BCUT2D eigenvalue weighted by atomic mass is 16.7. The Hall–Kier alpha value is -1.63. The number of hydrogen-bond donors (Lipinski definition) is 0. The lowest BCUT2D eigenvalue weighted by molar-refractivity contribution is -0.198. The molecule has 1 aliphatic rings. The zero-order valence-electron chi connectivity index (χ0n) is 16.5. The largest absolute Gasteiger partial charge is 0.378 e. The van der Waals surface area contributed by atoms with Crippen LogP contribution < -0.4 is 0 Å². The summed E-state index contributed by atoms with van der Waals surface area (Å²) in [5.74, 6) is -1.70. The van der Waals surface area contributed by atoms with Crippen molar-refractivity contribution in [3.8, 4) is 0 Å². The molecule has 0 unspecified atom stereocenters. The highest BCUT2D eigenvalue weighted by Crippen LogP contribution is 2.12. The Morgan fingerprint density at radius 1 is 0.690 bits per heavy atom. The topological polar surface area (TPSA) is 119 Å². The van der Waals surface area contributed by atoms with Gasteiger partial charge in [0, 0.05) is 12.8 Å². The van der Waals surface area contributed by atoms with Crippen molar-refractivity contribution in [2.24, 2.45) is 0 Å². The van der Waals surface area contributed by atoms with Crippen LogP contribution >= 0.6 is 0 Å². The molecule has 1 aliphatic heterocycles. The van der Waals surface area contributed by atoms with Gasteiger partial charge in [-0.1, -0.05) is 0 Å². The van der Waals surface area contributed by atoms with E-state index in [0.29, 0.717) is 71.1 Å². The number of ether oxygens (including phenoxy) is 6. The Labute approximate surface area is 170 Å². The summed E-state index contributed by atoms with van der Waals surface area (Å²) in [7, 11) is 4.85. The second-order valence-corrected chi connectivity index (χ2v) is 5.73. The second-order valence-electron chi connectivity index (χ2n) is 5.73. The van der Waals surface area contributed by atoms with E-state index in [2.05, 4.69) is 4.74 Å². The van der Waals surface area contributed by atoms with Gasteiger partial charge in [-0.25, -0.2) is 4.79 Å². The van der Waals surface area contributed by atoms with Crippen molar-refractivity contribution in [2.45, 2.75) is 19.3 Å². The molecule has 0 aromatic carbocycles. The molecule has 0 aromatic heterocycles. The summed E-state index contributed by atoms with van der Waals surface area (Å²) in [4.78, 5) is 38.8. The summed E-state index contributed by atoms with van der Waals surface area (Å²) in [5, 5.41) is 0.517. The van der Waals surface area contributed by atoms with Crippen LogP contribution in [0.25, 0.3) is 0 Å². The Kier molecular flexibility index (Phi) is 15.1. The van der Waals surface area contributed by atoms with Crippen molar-refractivity contribution < 1.29 is 47.6 Å². The molecule has 0 N–H and O–H groups in total. The third-order valence-corrected chi connectivity index (χ3v) is 3.48. The lowest BCUT2D eigenvalue weighted by Crippen LogP contribution is -2.32. The van der Waals surface area contributed by atoms with E-state index in [1.54, 1.807) is 0 Å². The van der Waals surface area contributed by atoms with Crippen molar-refractivity contribution in [1.29, 1.82) is 0 Å². The Balaban J connectivity index is 1.77. The van der Waals surface area contributed by atoms with Crippen LogP contribution in [0, 0.1) is 7.11 Å². The molecule has 0 bridgehead atoms. The van der Waals surface area contributed by atoms with Crippen LogP contribution in [0.4, 0.5) is 0 Å². The third-order valence-electron chi connectivity index (χ3n) is 3.48. The smallest absolute Gasteiger partial charge is 0.335 e. The van der Waals surface area contributed by atoms with Gasteiger partial charge in [0.05, 0.1) is 79.1 Å². The molecule has 0 spiro atoms. The van der Waals surface area contributed by atoms with Gasteiger partial charge in [-0.15, -0.1) is 5.06 Å². The first-order valence-corrected chi connectivity index (χ1v) is 9.42. The van der Waals surface area contributed by atoms with Crippen LogP contribution in [0.15, 0.2) is 0 Å². The molecule has 1 heterocycles. The van der Waals surface area contributed by atoms with E-state index in [1.165, 1.54) is 0 Å². The fourth-order valence-corrected chi connectivity index (χ4v) is 2.05. The molecule has 2 amide bonds. The van der Waals surface area contributed by atoms with Crippen LogP contribution in [0.1, 0.15) is 19.3 Å². The van der Waals surface area contributed by atoms with Crippen molar-refractivity contribution in [3.05, 3.63) is 7.11 Å². The normalized spacial score (nSPS) is 14.0. The van der Waals surface area contributed by atoms with Gasteiger partial charge < -0.3 is 33.3 Å². The summed E-state index contributed by atoms with van der Waals surface area (Å²) in [5.41, 5.74) is 0. The van der Waals surface area contributed by atoms with E-state index >= 15 is 0 Å². The highest BCUT2D eigenvalue weighted by molar-refractivity contribution is 6.01. The molecule has 11 heteroatoms. The molecular formula is C18H29NO10. The number of rotatable bonds is 19. The van der Waals surface area contributed by atoms with E-state index < -0.39 is 17.8 Å². The first-order valence-electron chi connectivity index (χ1n) is 9.42. The Morgan fingerprint density at radius 3 is 1.48 bits per heavy atom. The number of imide groups is 1. The van der Waals surface area contributed by atoms with Crippen molar-refractivity contribution in [3.63, 3.8) is 0 Å². The predicted octanol–water partition coefficient (Wildman–Crippen LogP) is -0.248. The van der Waals surface area contributed by atoms with E-state index in [4.69, 9.17) is 35.6 Å². The molecule has 1 saturated heterocycles. The molecular weight excluding hydrogens is 390 g/mol. The number of nitrogens with zero attached hydrogens (tertiary/aromatic N) is 1. The number of amides is 2. The van der Waals surface area contributed by atoms with Crippen molar-refractivity contribution in [2.75, 3.05) is 72.7 Å². The van der Waals surface area contributed by atoms with Crippen LogP contribution in [-0.2, 0) is 47.6 Å². The minimum atomic E-state index is -0.693. The van der Waals surface area contributed by atoms with Crippen LogP contribution in [0.3, 0.4) is 0 Å². The number of hydrogen-bond acceptors (Lipinski definition) is 10. The van der Waals surface area contributed by atoms with E-state index in [-0.39, 0.29) is 25.9 Å². The molecule has 0 aromatic rings. The summed E-state index contributed by atoms with van der Waals surface area (Å²) in [6, 6.07) is 0. The van der Waals surface area contributed by atoms with Gasteiger partial charge in [0.2, 0.25) is 0 Å². The maximum Gasteiger partial charge on any atom is 0.335 e. The van der Waals surface area contributed by atoms with Gasteiger partial charge in [0.15, 0.2) is 0 Å². The molecule has 11 nitrogen and oxygen atoms in total. The van der Waals surface area contributed by atoms with Gasteiger partial charge in [-0.3, -0.25) is 9.59 Å². The predicted molar refractivity (Wildman–Crippen MR) is 96.1 cm³/mol. The zero-order valence-corrected chi connectivity index (χ0v) is 16.5. The monoisotopic (exact) mass is 419 g/mol. The van der Waals surface area contributed by atoms with Crippen LogP contribution in [-0.4, -0.2) is 95.5 Å². The second kappa shape index (κ2) is 17.2.